The molecule has 0 radical (unpaired) electrons. The first kappa shape index (κ1) is 50.2. The maximum Gasteiger partial charge on any atom is 0.0726 e. The third-order valence-corrected chi connectivity index (χ3v) is 19.4. The summed E-state index contributed by atoms with van der Waals surface area (Å²) in [5.41, 5.74) is 34.2. The van der Waals surface area contributed by atoms with E-state index in [0.29, 0.717) is 0 Å². The van der Waals surface area contributed by atoms with Crippen LogP contribution in [-0.4, -0.2) is 0 Å². The number of fused-ring (bicyclic) bond motifs is 16. The summed E-state index contributed by atoms with van der Waals surface area (Å²) >= 11 is 0. The molecule has 4 aliphatic rings. The average Bonchev–Trinajstić information content (AvgIpc) is 1.66. The molecule has 4 aliphatic carbocycles. The molecular formula is C81H69N. The minimum atomic E-state index is -0.535. The van der Waals surface area contributed by atoms with Gasteiger partial charge in [-0.05, 0) is 187 Å². The standard InChI is InChI=1S/C81H69N/c1-77(2,3)53-35-43-64-65-44-36-54(78(4,5)6)48-74(65)81(73(64)47-53)71-29-18-15-23-61(71)66-45-41-57(49-75(66)81)82(55-37-30-50(31-38-55)52-34-42-63-60-22-13-16-27-69(60)79(7,8)72(63)46-52)56-39-32-51(33-40-56)58-20-11-12-21-59(58)67-25-19-26-68-62-24-14-17-28-70(62)80(9,10)76(67)68/h11-49H,1-10H3. The van der Waals surface area contributed by atoms with Gasteiger partial charge in [0.25, 0.3) is 0 Å². The van der Waals surface area contributed by atoms with Crippen LogP contribution in [0.3, 0.4) is 0 Å². The largest absolute Gasteiger partial charge is 0.310 e. The molecular weight excluding hydrogens is 987 g/mol. The molecule has 0 amide bonds. The molecule has 0 N–H and O–H groups in total. The second-order valence-electron chi connectivity index (χ2n) is 26.9. The first-order chi connectivity index (χ1) is 39.4. The summed E-state index contributed by atoms with van der Waals surface area (Å²) in [6, 6.07) is 90.9. The number of nitrogens with zero attached hydrogens (tertiary/aromatic N) is 1. The Morgan fingerprint density at radius 1 is 0.256 bits per heavy atom. The van der Waals surface area contributed by atoms with Gasteiger partial charge in [-0.3, -0.25) is 0 Å². The maximum atomic E-state index is 2.56. The van der Waals surface area contributed by atoms with Crippen LogP contribution in [0.4, 0.5) is 17.1 Å². The van der Waals surface area contributed by atoms with E-state index in [1.54, 1.807) is 0 Å². The molecule has 0 fully saturated rings. The molecule has 82 heavy (non-hydrogen) atoms. The van der Waals surface area contributed by atoms with Crippen LogP contribution in [0.15, 0.2) is 237 Å². The van der Waals surface area contributed by atoms with E-state index in [-0.39, 0.29) is 21.7 Å². The molecule has 0 unspecified atom stereocenters. The topological polar surface area (TPSA) is 3.24 Å². The van der Waals surface area contributed by atoms with Crippen molar-refractivity contribution in [2.24, 2.45) is 0 Å². The first-order valence-corrected chi connectivity index (χ1v) is 29.6. The van der Waals surface area contributed by atoms with E-state index >= 15 is 0 Å². The zero-order valence-electron chi connectivity index (χ0n) is 49.0. The lowest BCUT2D eigenvalue weighted by molar-refractivity contribution is 0.586. The molecule has 15 rings (SSSR count). The van der Waals surface area contributed by atoms with Crippen molar-refractivity contribution in [3.8, 4) is 77.9 Å². The molecule has 0 saturated carbocycles. The van der Waals surface area contributed by atoms with Crippen molar-refractivity contribution in [1.82, 2.24) is 0 Å². The van der Waals surface area contributed by atoms with E-state index in [1.807, 2.05) is 0 Å². The zero-order chi connectivity index (χ0) is 56.2. The summed E-state index contributed by atoms with van der Waals surface area (Å²) in [6.07, 6.45) is 0. The molecule has 11 aromatic carbocycles. The number of rotatable bonds is 6. The van der Waals surface area contributed by atoms with Gasteiger partial charge in [0.2, 0.25) is 0 Å². The van der Waals surface area contributed by atoms with Gasteiger partial charge in [-0.2, -0.15) is 0 Å². The van der Waals surface area contributed by atoms with E-state index in [4.69, 9.17) is 0 Å². The molecule has 0 heterocycles. The van der Waals surface area contributed by atoms with Crippen LogP contribution in [0.1, 0.15) is 125 Å². The normalized spacial score (nSPS) is 15.0. The average molecular weight is 1060 g/mol. The van der Waals surface area contributed by atoms with Crippen molar-refractivity contribution >= 4 is 17.1 Å². The Balaban J connectivity index is 0.906. The summed E-state index contributed by atoms with van der Waals surface area (Å²) in [5.74, 6) is 0. The van der Waals surface area contributed by atoms with Gasteiger partial charge in [0.15, 0.2) is 0 Å². The van der Waals surface area contributed by atoms with Crippen molar-refractivity contribution in [2.75, 3.05) is 4.90 Å². The smallest absolute Gasteiger partial charge is 0.0726 e. The summed E-state index contributed by atoms with van der Waals surface area (Å²) < 4.78 is 0. The third-order valence-electron chi connectivity index (χ3n) is 19.4. The highest BCUT2D eigenvalue weighted by Gasteiger charge is 2.53. The highest BCUT2D eigenvalue weighted by atomic mass is 15.1. The Hall–Kier alpha value is -8.78. The number of benzene rings is 11. The molecule has 0 aliphatic heterocycles. The van der Waals surface area contributed by atoms with Gasteiger partial charge in [0.1, 0.15) is 0 Å². The quantitative estimate of drug-likeness (QED) is 0.160. The predicted molar refractivity (Wildman–Crippen MR) is 346 cm³/mol. The molecule has 1 spiro atoms. The molecule has 0 bridgehead atoms. The van der Waals surface area contributed by atoms with E-state index in [2.05, 4.69) is 311 Å². The lowest BCUT2D eigenvalue weighted by Crippen LogP contribution is -2.27. The van der Waals surface area contributed by atoms with Gasteiger partial charge in [-0.15, -0.1) is 0 Å². The molecule has 0 aromatic heterocycles. The Labute approximate surface area is 485 Å². The molecule has 398 valence electrons. The van der Waals surface area contributed by atoms with Crippen molar-refractivity contribution in [2.45, 2.75) is 96.3 Å². The van der Waals surface area contributed by atoms with Gasteiger partial charge in [-0.25, -0.2) is 0 Å². The van der Waals surface area contributed by atoms with Crippen LogP contribution in [0.2, 0.25) is 0 Å². The summed E-state index contributed by atoms with van der Waals surface area (Å²) in [7, 11) is 0. The highest BCUT2D eigenvalue weighted by molar-refractivity contribution is 5.98. The van der Waals surface area contributed by atoms with Gasteiger partial charge >= 0.3 is 0 Å². The second-order valence-corrected chi connectivity index (χ2v) is 26.9. The third kappa shape index (κ3) is 7.18. The van der Waals surface area contributed by atoms with Gasteiger partial charge in [0, 0.05) is 27.9 Å². The Kier molecular flexibility index (Phi) is 10.8. The second kappa shape index (κ2) is 17.6. The van der Waals surface area contributed by atoms with E-state index in [0.717, 1.165) is 17.1 Å². The van der Waals surface area contributed by atoms with Gasteiger partial charge in [-0.1, -0.05) is 263 Å². The van der Waals surface area contributed by atoms with Crippen LogP contribution >= 0.6 is 0 Å². The SMILES string of the molecule is CC(C)(C)c1ccc2c(c1)C1(c3ccccc3-c3ccc(N(c4ccc(-c5ccc6c(c5)C(C)(C)c5ccccc5-6)cc4)c4ccc(-c5ccccc5-c5cccc6c5C(C)(C)c5ccccc5-6)cc4)cc31)c1cc(C(C)(C)C)ccc1-2. The van der Waals surface area contributed by atoms with Crippen LogP contribution < -0.4 is 4.90 Å². The van der Waals surface area contributed by atoms with E-state index < -0.39 is 5.41 Å². The molecule has 1 heteroatoms. The lowest BCUT2D eigenvalue weighted by atomic mass is 9.68. The first-order valence-electron chi connectivity index (χ1n) is 29.6. The van der Waals surface area contributed by atoms with Gasteiger partial charge < -0.3 is 4.90 Å². The Morgan fingerprint density at radius 2 is 0.634 bits per heavy atom. The van der Waals surface area contributed by atoms with Crippen molar-refractivity contribution in [1.29, 1.82) is 0 Å². The predicted octanol–water partition coefficient (Wildman–Crippen LogP) is 21.7. The minimum Gasteiger partial charge on any atom is -0.310 e. The minimum absolute atomic E-state index is 0.0371. The maximum absolute atomic E-state index is 2.56. The molecule has 11 aromatic rings. The molecule has 0 atom stereocenters. The molecule has 0 saturated heterocycles. The number of anilines is 3. The zero-order valence-corrected chi connectivity index (χ0v) is 49.0. The van der Waals surface area contributed by atoms with Crippen molar-refractivity contribution < 1.29 is 0 Å². The fourth-order valence-corrected chi connectivity index (χ4v) is 15.2. The Bertz CT molecular complexity index is 4390. The monoisotopic (exact) mass is 1060 g/mol. The van der Waals surface area contributed by atoms with E-state index in [9.17, 15) is 0 Å². The lowest BCUT2D eigenvalue weighted by Gasteiger charge is -2.34. The van der Waals surface area contributed by atoms with E-state index in [1.165, 1.54) is 134 Å². The van der Waals surface area contributed by atoms with Crippen molar-refractivity contribution in [3.05, 3.63) is 292 Å². The summed E-state index contributed by atoms with van der Waals surface area (Å²) in [4.78, 5) is 2.50. The fourth-order valence-electron chi connectivity index (χ4n) is 15.2. The highest BCUT2D eigenvalue weighted by Crippen LogP contribution is 2.64. The summed E-state index contributed by atoms with van der Waals surface area (Å²) in [6.45, 7) is 23.6. The number of hydrogen-bond acceptors (Lipinski definition) is 1. The molecule has 1 nitrogen and oxygen atoms in total. The number of hydrogen-bond donors (Lipinski definition) is 0. The van der Waals surface area contributed by atoms with Crippen LogP contribution in [0, 0.1) is 0 Å². The Morgan fingerprint density at radius 3 is 1.21 bits per heavy atom. The van der Waals surface area contributed by atoms with Crippen LogP contribution in [-0.2, 0) is 27.1 Å². The van der Waals surface area contributed by atoms with Crippen LogP contribution in [0.5, 0.6) is 0 Å². The van der Waals surface area contributed by atoms with Gasteiger partial charge in [0.05, 0.1) is 5.41 Å². The fraction of sp³-hybridized carbons (Fsp3) is 0.185. The summed E-state index contributed by atoms with van der Waals surface area (Å²) in [5, 5.41) is 0. The van der Waals surface area contributed by atoms with Crippen molar-refractivity contribution in [3.63, 3.8) is 0 Å². The van der Waals surface area contributed by atoms with Crippen LogP contribution in [0.25, 0.3) is 77.9 Å².